The third-order valence-electron chi connectivity index (χ3n) is 4.06. The van der Waals surface area contributed by atoms with Gasteiger partial charge in [0.1, 0.15) is 6.10 Å². The van der Waals surface area contributed by atoms with Crippen LogP contribution in [0.25, 0.3) is 0 Å². The number of hydrogen-bond donors (Lipinski definition) is 1. The number of hydrogen-bond acceptors (Lipinski definition) is 5. The van der Waals surface area contributed by atoms with Gasteiger partial charge in [-0.25, -0.2) is 4.79 Å². The average molecular weight is 379 g/mol. The van der Waals surface area contributed by atoms with E-state index in [1.165, 1.54) is 12.0 Å². The summed E-state index contributed by atoms with van der Waals surface area (Å²) < 4.78 is 17.3. The molecule has 26 heavy (non-hydrogen) atoms. The van der Waals surface area contributed by atoms with Crippen LogP contribution in [0.5, 0.6) is 11.5 Å². The van der Waals surface area contributed by atoms with E-state index in [1.807, 2.05) is 12.1 Å². The van der Waals surface area contributed by atoms with Gasteiger partial charge < -0.3 is 24.2 Å². The number of nitrogens with zero attached hydrogens (tertiary/aromatic N) is 2. The zero-order valence-corrected chi connectivity index (χ0v) is 14.9. The molecule has 0 saturated carbocycles. The lowest BCUT2D eigenvalue weighted by atomic mass is 10.1. The Kier molecular flexibility index (Phi) is 5.80. The maximum Gasteiger partial charge on any atom is 0.407 e. The number of ether oxygens (including phenoxy) is 3. The summed E-state index contributed by atoms with van der Waals surface area (Å²) >= 11 is 6.01. The number of aromatic nitrogens is 1. The molecule has 1 unspecified atom stereocenters. The van der Waals surface area contributed by atoms with Gasteiger partial charge in [-0.1, -0.05) is 17.7 Å². The molecule has 1 N–H and O–H groups in total. The first-order valence-corrected chi connectivity index (χ1v) is 8.47. The number of morpholine rings is 1. The molecule has 8 heteroatoms. The molecule has 2 heterocycles. The monoisotopic (exact) mass is 378 g/mol. The zero-order valence-electron chi connectivity index (χ0n) is 14.2. The second-order valence-electron chi connectivity index (χ2n) is 5.73. The summed E-state index contributed by atoms with van der Waals surface area (Å²) in [5.41, 5.74) is 0.641. The highest BCUT2D eigenvalue weighted by Gasteiger charge is 2.34. The van der Waals surface area contributed by atoms with Crippen molar-refractivity contribution >= 4 is 17.7 Å². The Labute approximate surface area is 156 Å². The number of carbonyl (C=O) groups is 1. The summed E-state index contributed by atoms with van der Waals surface area (Å²) in [6, 6.07) is 10.5. The Balaban J connectivity index is 1.91. The number of amides is 1. The standard InChI is InChI=1S/C18H19ClN2O5/c1-24-15-10-12(19)5-6-14(15)26-17(13-4-2-3-7-20-13)16-11-21(18(22)23)8-9-25-16/h2-7,10,16-17H,8-9,11H2,1H3,(H,22,23)/t16-,17?/m0/s1. The van der Waals surface area contributed by atoms with E-state index in [4.69, 9.17) is 25.8 Å². The minimum Gasteiger partial charge on any atom is -0.493 e. The van der Waals surface area contributed by atoms with Crippen LogP contribution in [0.3, 0.4) is 0 Å². The molecule has 138 valence electrons. The third kappa shape index (κ3) is 4.17. The average Bonchev–Trinajstić information content (AvgIpc) is 2.67. The van der Waals surface area contributed by atoms with E-state index in [0.717, 1.165) is 0 Å². The van der Waals surface area contributed by atoms with Gasteiger partial charge in [-0.15, -0.1) is 0 Å². The van der Waals surface area contributed by atoms with Gasteiger partial charge in [0, 0.05) is 23.8 Å². The molecule has 1 saturated heterocycles. The van der Waals surface area contributed by atoms with E-state index in [1.54, 1.807) is 30.5 Å². The van der Waals surface area contributed by atoms with Crippen molar-refractivity contribution in [2.75, 3.05) is 26.8 Å². The first-order chi connectivity index (χ1) is 12.6. The van der Waals surface area contributed by atoms with E-state index >= 15 is 0 Å². The van der Waals surface area contributed by atoms with Gasteiger partial charge in [0.25, 0.3) is 0 Å². The Bertz CT molecular complexity index is 759. The lowest BCUT2D eigenvalue weighted by Gasteiger charge is -2.35. The van der Waals surface area contributed by atoms with E-state index in [0.29, 0.717) is 35.4 Å². The van der Waals surface area contributed by atoms with Crippen molar-refractivity contribution in [2.24, 2.45) is 0 Å². The minimum atomic E-state index is -0.984. The van der Waals surface area contributed by atoms with Crippen molar-refractivity contribution in [1.82, 2.24) is 9.88 Å². The number of carboxylic acid groups (broad SMARTS) is 1. The van der Waals surface area contributed by atoms with Crippen LogP contribution in [-0.2, 0) is 4.74 Å². The van der Waals surface area contributed by atoms with Crippen molar-refractivity contribution in [3.8, 4) is 11.5 Å². The molecule has 2 aromatic rings. The Morgan fingerprint density at radius 1 is 1.38 bits per heavy atom. The van der Waals surface area contributed by atoms with Crippen molar-refractivity contribution in [2.45, 2.75) is 12.2 Å². The number of halogens is 1. The second-order valence-corrected chi connectivity index (χ2v) is 6.16. The van der Waals surface area contributed by atoms with Gasteiger partial charge in [0.2, 0.25) is 0 Å². The predicted molar refractivity (Wildman–Crippen MR) is 94.9 cm³/mol. The summed E-state index contributed by atoms with van der Waals surface area (Å²) in [6.07, 6.45) is -0.437. The highest BCUT2D eigenvalue weighted by Crippen LogP contribution is 2.35. The van der Waals surface area contributed by atoms with Crippen molar-refractivity contribution in [3.05, 3.63) is 53.3 Å². The van der Waals surface area contributed by atoms with Gasteiger partial charge in [-0.3, -0.25) is 4.98 Å². The summed E-state index contributed by atoms with van der Waals surface area (Å²) in [6.45, 7) is 0.804. The molecule has 3 rings (SSSR count). The molecule has 0 aliphatic carbocycles. The largest absolute Gasteiger partial charge is 0.493 e. The highest BCUT2D eigenvalue weighted by atomic mass is 35.5. The molecule has 0 bridgehead atoms. The Morgan fingerprint density at radius 3 is 2.92 bits per heavy atom. The molecule has 1 aliphatic rings. The van der Waals surface area contributed by atoms with Crippen molar-refractivity contribution < 1.29 is 24.1 Å². The van der Waals surface area contributed by atoms with Crippen LogP contribution in [0.4, 0.5) is 4.79 Å². The lowest BCUT2D eigenvalue weighted by Crippen LogP contribution is -2.48. The summed E-state index contributed by atoms with van der Waals surface area (Å²) in [4.78, 5) is 17.0. The van der Waals surface area contributed by atoms with Crippen LogP contribution in [0, 0.1) is 0 Å². The predicted octanol–water partition coefficient (Wildman–Crippen LogP) is 3.24. The normalized spacial score (nSPS) is 18.2. The topological polar surface area (TPSA) is 81.1 Å². The summed E-state index contributed by atoms with van der Waals surface area (Å²) in [5.74, 6) is 0.952. The number of methoxy groups -OCH3 is 1. The SMILES string of the molecule is COc1cc(Cl)ccc1OC(c1ccccn1)[C@@H]1CN(C(=O)O)CCO1. The van der Waals surface area contributed by atoms with E-state index in [-0.39, 0.29) is 6.54 Å². The van der Waals surface area contributed by atoms with Gasteiger partial charge in [0.05, 0.1) is 26.0 Å². The molecule has 0 spiro atoms. The fourth-order valence-corrected chi connectivity index (χ4v) is 2.94. The van der Waals surface area contributed by atoms with E-state index in [9.17, 15) is 9.90 Å². The first kappa shape index (κ1) is 18.3. The van der Waals surface area contributed by atoms with Crippen LogP contribution < -0.4 is 9.47 Å². The molecule has 1 aromatic carbocycles. The molecular weight excluding hydrogens is 360 g/mol. The quantitative estimate of drug-likeness (QED) is 0.860. The number of pyridine rings is 1. The molecule has 1 aromatic heterocycles. The first-order valence-electron chi connectivity index (χ1n) is 8.09. The maximum atomic E-state index is 11.3. The van der Waals surface area contributed by atoms with Gasteiger partial charge in [0.15, 0.2) is 17.6 Å². The van der Waals surface area contributed by atoms with Crippen LogP contribution in [0.1, 0.15) is 11.8 Å². The molecular formula is C18H19ClN2O5. The van der Waals surface area contributed by atoms with Crippen LogP contribution in [0.2, 0.25) is 5.02 Å². The fourth-order valence-electron chi connectivity index (χ4n) is 2.78. The molecule has 0 radical (unpaired) electrons. The van der Waals surface area contributed by atoms with Crippen molar-refractivity contribution in [3.63, 3.8) is 0 Å². The Morgan fingerprint density at radius 2 is 2.23 bits per heavy atom. The highest BCUT2D eigenvalue weighted by molar-refractivity contribution is 6.30. The van der Waals surface area contributed by atoms with Gasteiger partial charge in [-0.2, -0.15) is 0 Å². The number of rotatable bonds is 5. The molecule has 7 nitrogen and oxygen atoms in total. The minimum absolute atomic E-state index is 0.187. The van der Waals surface area contributed by atoms with Crippen molar-refractivity contribution in [1.29, 1.82) is 0 Å². The van der Waals surface area contributed by atoms with Crippen LogP contribution in [0.15, 0.2) is 42.6 Å². The summed E-state index contributed by atoms with van der Waals surface area (Å²) in [7, 11) is 1.53. The van der Waals surface area contributed by atoms with Crippen LogP contribution in [-0.4, -0.2) is 54.0 Å². The van der Waals surface area contributed by atoms with Gasteiger partial charge in [-0.05, 0) is 24.3 Å². The second kappa shape index (κ2) is 8.25. The Hall–Kier alpha value is -2.51. The smallest absolute Gasteiger partial charge is 0.407 e. The van der Waals surface area contributed by atoms with E-state index < -0.39 is 18.3 Å². The fraction of sp³-hybridized carbons (Fsp3) is 0.333. The van der Waals surface area contributed by atoms with Crippen LogP contribution >= 0.6 is 11.6 Å². The maximum absolute atomic E-state index is 11.3. The molecule has 1 amide bonds. The lowest BCUT2D eigenvalue weighted by molar-refractivity contribution is -0.0768. The molecule has 2 atom stereocenters. The molecule has 1 fully saturated rings. The summed E-state index contributed by atoms with van der Waals surface area (Å²) in [5, 5.41) is 9.81. The van der Waals surface area contributed by atoms with E-state index in [2.05, 4.69) is 4.98 Å². The number of benzene rings is 1. The van der Waals surface area contributed by atoms with Gasteiger partial charge >= 0.3 is 6.09 Å². The third-order valence-corrected chi connectivity index (χ3v) is 4.30. The molecule has 1 aliphatic heterocycles. The zero-order chi connectivity index (χ0) is 18.5.